The van der Waals surface area contributed by atoms with Gasteiger partial charge in [0, 0.05) is 7.11 Å². The molecule has 0 aliphatic carbocycles. The number of ether oxygens (including phenoxy) is 1. The summed E-state index contributed by atoms with van der Waals surface area (Å²) in [6.45, 7) is 5.73. The standard InChI is InChI=1S/C12H19O4P/c1-8-5-9(2)12(10(3)6-8)11(7-16-4)17(13,14)15/h5-6,11H,7H2,1-4H3,(H2,13,14,15). The van der Waals surface area contributed by atoms with E-state index in [1.165, 1.54) is 7.11 Å². The Kier molecular flexibility index (Phi) is 4.50. The Labute approximate surface area is 102 Å². The third-order valence-electron chi connectivity index (χ3n) is 2.80. The molecule has 0 saturated carbocycles. The lowest BCUT2D eigenvalue weighted by Gasteiger charge is -2.22. The van der Waals surface area contributed by atoms with E-state index in [2.05, 4.69) is 0 Å². The first-order valence-corrected chi connectivity index (χ1v) is 7.07. The van der Waals surface area contributed by atoms with Gasteiger partial charge in [-0.2, -0.15) is 0 Å². The van der Waals surface area contributed by atoms with Gasteiger partial charge in [0.2, 0.25) is 0 Å². The number of benzene rings is 1. The molecule has 0 aromatic heterocycles. The van der Waals surface area contributed by atoms with Crippen molar-refractivity contribution in [2.45, 2.75) is 26.4 Å². The molecule has 0 fully saturated rings. The third kappa shape index (κ3) is 3.39. The minimum Gasteiger partial charge on any atom is -0.383 e. The van der Waals surface area contributed by atoms with Crippen molar-refractivity contribution in [2.24, 2.45) is 0 Å². The van der Waals surface area contributed by atoms with Crippen molar-refractivity contribution in [1.82, 2.24) is 0 Å². The minimum atomic E-state index is -4.21. The van der Waals surface area contributed by atoms with Crippen molar-refractivity contribution in [1.29, 1.82) is 0 Å². The van der Waals surface area contributed by atoms with E-state index in [1.54, 1.807) is 0 Å². The van der Waals surface area contributed by atoms with Crippen LogP contribution in [0.3, 0.4) is 0 Å². The van der Waals surface area contributed by atoms with Crippen LogP contribution in [0.1, 0.15) is 27.9 Å². The Balaban J connectivity index is 3.33. The van der Waals surface area contributed by atoms with E-state index < -0.39 is 13.3 Å². The van der Waals surface area contributed by atoms with Crippen molar-refractivity contribution in [3.8, 4) is 0 Å². The van der Waals surface area contributed by atoms with Crippen LogP contribution in [0.5, 0.6) is 0 Å². The van der Waals surface area contributed by atoms with E-state index in [0.717, 1.165) is 16.7 Å². The molecule has 1 unspecified atom stereocenters. The fourth-order valence-electron chi connectivity index (χ4n) is 2.22. The Morgan fingerprint density at radius 3 is 2.06 bits per heavy atom. The van der Waals surface area contributed by atoms with Crippen molar-refractivity contribution >= 4 is 7.60 Å². The van der Waals surface area contributed by atoms with E-state index in [0.29, 0.717) is 5.56 Å². The normalized spacial score (nSPS) is 13.8. The van der Waals surface area contributed by atoms with Gasteiger partial charge in [-0.3, -0.25) is 4.57 Å². The summed E-state index contributed by atoms with van der Waals surface area (Å²) in [7, 11) is -2.76. The van der Waals surface area contributed by atoms with Gasteiger partial charge < -0.3 is 14.5 Å². The van der Waals surface area contributed by atoms with Crippen LogP contribution in [0, 0.1) is 20.8 Å². The third-order valence-corrected chi connectivity index (χ3v) is 4.02. The molecular weight excluding hydrogens is 239 g/mol. The quantitative estimate of drug-likeness (QED) is 0.814. The van der Waals surface area contributed by atoms with E-state index in [1.807, 2.05) is 32.9 Å². The maximum atomic E-state index is 11.5. The van der Waals surface area contributed by atoms with Crippen molar-refractivity contribution in [3.63, 3.8) is 0 Å². The lowest BCUT2D eigenvalue weighted by Crippen LogP contribution is -2.10. The van der Waals surface area contributed by atoms with Crippen LogP contribution in [0.25, 0.3) is 0 Å². The largest absolute Gasteiger partial charge is 0.383 e. The average Bonchev–Trinajstić information content (AvgIpc) is 2.13. The first-order valence-electron chi connectivity index (χ1n) is 5.39. The van der Waals surface area contributed by atoms with Crippen LogP contribution >= 0.6 is 7.60 Å². The molecule has 1 atom stereocenters. The highest BCUT2D eigenvalue weighted by atomic mass is 31.2. The van der Waals surface area contributed by atoms with Gasteiger partial charge >= 0.3 is 7.60 Å². The molecule has 1 aromatic carbocycles. The zero-order chi connectivity index (χ0) is 13.2. The Bertz CT molecular complexity index is 427. The molecule has 1 aromatic rings. The van der Waals surface area contributed by atoms with Crippen molar-refractivity contribution < 1.29 is 19.1 Å². The SMILES string of the molecule is COCC(c1c(C)cc(C)cc1C)P(=O)(O)O. The summed E-state index contributed by atoms with van der Waals surface area (Å²) >= 11 is 0. The highest BCUT2D eigenvalue weighted by Gasteiger charge is 2.32. The zero-order valence-corrected chi connectivity index (χ0v) is 11.5. The molecule has 96 valence electrons. The van der Waals surface area contributed by atoms with E-state index in [-0.39, 0.29) is 6.61 Å². The lowest BCUT2D eigenvalue weighted by atomic mass is 9.97. The van der Waals surface area contributed by atoms with E-state index in [9.17, 15) is 14.4 Å². The summed E-state index contributed by atoms with van der Waals surface area (Å²) in [6, 6.07) is 3.86. The fourth-order valence-corrected chi connectivity index (χ4v) is 3.31. The monoisotopic (exact) mass is 258 g/mol. The summed E-state index contributed by atoms with van der Waals surface area (Å²) in [5.41, 5.74) is 2.70. The van der Waals surface area contributed by atoms with Gasteiger partial charge in [0.15, 0.2) is 0 Å². The number of rotatable bonds is 4. The second kappa shape index (κ2) is 5.32. The Hall–Kier alpha value is -0.670. The van der Waals surface area contributed by atoms with Gasteiger partial charge in [-0.05, 0) is 37.5 Å². The first kappa shape index (κ1) is 14.4. The van der Waals surface area contributed by atoms with Gasteiger partial charge in [0.1, 0.15) is 5.66 Å². The maximum absolute atomic E-state index is 11.5. The van der Waals surface area contributed by atoms with E-state index in [4.69, 9.17) is 4.74 Å². The van der Waals surface area contributed by atoms with Crippen molar-refractivity contribution in [2.75, 3.05) is 13.7 Å². The molecule has 17 heavy (non-hydrogen) atoms. The minimum absolute atomic E-state index is 0.0228. The lowest BCUT2D eigenvalue weighted by molar-refractivity contribution is 0.187. The summed E-state index contributed by atoms with van der Waals surface area (Å²) < 4.78 is 16.5. The smallest absolute Gasteiger partial charge is 0.335 e. The molecule has 0 spiro atoms. The molecule has 5 heteroatoms. The second-order valence-corrected chi connectivity index (χ2v) is 6.17. The Morgan fingerprint density at radius 1 is 1.24 bits per heavy atom. The molecule has 0 bridgehead atoms. The van der Waals surface area contributed by atoms with Gasteiger partial charge in [0.05, 0.1) is 6.61 Å². The maximum Gasteiger partial charge on any atom is 0.335 e. The van der Waals surface area contributed by atoms with Gasteiger partial charge in [0.25, 0.3) is 0 Å². The van der Waals surface area contributed by atoms with Crippen LogP contribution in [-0.2, 0) is 9.30 Å². The molecule has 0 amide bonds. The molecule has 0 saturated heterocycles. The average molecular weight is 258 g/mol. The van der Waals surface area contributed by atoms with Crippen LogP contribution < -0.4 is 0 Å². The van der Waals surface area contributed by atoms with Gasteiger partial charge in [-0.1, -0.05) is 17.7 Å². The highest BCUT2D eigenvalue weighted by Crippen LogP contribution is 2.53. The molecule has 0 heterocycles. The summed E-state index contributed by atoms with van der Waals surface area (Å²) in [4.78, 5) is 18.8. The molecular formula is C12H19O4P. The molecule has 0 aliphatic heterocycles. The molecule has 4 nitrogen and oxygen atoms in total. The summed E-state index contributed by atoms with van der Waals surface area (Å²) in [6.07, 6.45) is 0. The summed E-state index contributed by atoms with van der Waals surface area (Å²) in [5.74, 6) is 0. The topological polar surface area (TPSA) is 66.8 Å². The van der Waals surface area contributed by atoms with Crippen LogP contribution in [0.4, 0.5) is 0 Å². The number of hydrogen-bond donors (Lipinski definition) is 2. The van der Waals surface area contributed by atoms with Gasteiger partial charge in [-0.15, -0.1) is 0 Å². The second-order valence-electron chi connectivity index (χ2n) is 4.37. The Morgan fingerprint density at radius 2 is 1.71 bits per heavy atom. The van der Waals surface area contributed by atoms with Crippen molar-refractivity contribution in [3.05, 3.63) is 34.4 Å². The molecule has 0 radical (unpaired) electrons. The van der Waals surface area contributed by atoms with Gasteiger partial charge in [-0.25, -0.2) is 0 Å². The molecule has 1 rings (SSSR count). The molecule has 0 aliphatic rings. The summed E-state index contributed by atoms with van der Waals surface area (Å²) in [5, 5.41) is 0. The number of hydrogen-bond acceptors (Lipinski definition) is 2. The highest BCUT2D eigenvalue weighted by molar-refractivity contribution is 7.52. The molecule has 2 N–H and O–H groups in total. The zero-order valence-electron chi connectivity index (χ0n) is 10.6. The number of aryl methyl sites for hydroxylation is 3. The first-order chi connectivity index (χ1) is 7.77. The predicted octanol–water partition coefficient (Wildman–Crippen LogP) is 2.48. The van der Waals surface area contributed by atoms with Crippen LogP contribution in [-0.4, -0.2) is 23.5 Å². The fraction of sp³-hybridized carbons (Fsp3) is 0.500. The van der Waals surface area contributed by atoms with E-state index >= 15 is 0 Å². The predicted molar refractivity (Wildman–Crippen MR) is 67.3 cm³/mol. The number of methoxy groups -OCH3 is 1. The van der Waals surface area contributed by atoms with Crippen LogP contribution in [0.15, 0.2) is 12.1 Å². The van der Waals surface area contributed by atoms with Crippen LogP contribution in [0.2, 0.25) is 0 Å².